The predicted octanol–water partition coefficient (Wildman–Crippen LogP) is 9.60. The van der Waals surface area contributed by atoms with E-state index in [1.165, 1.54) is 33.6 Å². The van der Waals surface area contributed by atoms with Crippen molar-refractivity contribution in [2.45, 2.75) is 27.7 Å². The highest BCUT2D eigenvalue weighted by molar-refractivity contribution is 6.30. The average Bonchev–Trinajstić information content (AvgIpc) is 2.99. The fourth-order valence-corrected chi connectivity index (χ4v) is 5.14. The monoisotopic (exact) mass is 534 g/mol. The Bertz CT molecular complexity index is 1300. The van der Waals surface area contributed by atoms with Crippen molar-refractivity contribution in [3.8, 4) is 0 Å². The van der Waals surface area contributed by atoms with Crippen molar-refractivity contribution in [3.63, 3.8) is 0 Å². The standard InChI is InChI=1S/C36H39ClN2/c1-5-38(6-2)33-22-16-30(17-23-33)36(31-18-24-34(25-19-31)39(7-3)8-4)27-26-35(28-12-10-9-11-13-28)29-14-20-32(37)21-15-29/h9-27H,5-8H2,1-4H3/b35-26+. The van der Waals surface area contributed by atoms with Gasteiger partial charge in [0, 0.05) is 42.6 Å². The van der Waals surface area contributed by atoms with E-state index in [0.29, 0.717) is 0 Å². The first-order valence-corrected chi connectivity index (χ1v) is 14.4. The maximum Gasteiger partial charge on any atom is 0.0406 e. The zero-order chi connectivity index (χ0) is 27.6. The number of nitrogens with zero attached hydrogens (tertiary/aromatic N) is 2. The van der Waals surface area contributed by atoms with Gasteiger partial charge in [0.2, 0.25) is 0 Å². The van der Waals surface area contributed by atoms with Gasteiger partial charge in [-0.15, -0.1) is 0 Å². The summed E-state index contributed by atoms with van der Waals surface area (Å²) in [6.07, 6.45) is 4.50. The molecule has 0 unspecified atom stereocenters. The average molecular weight is 535 g/mol. The van der Waals surface area contributed by atoms with Crippen LogP contribution in [0.4, 0.5) is 11.4 Å². The van der Waals surface area contributed by atoms with Crippen molar-refractivity contribution in [2.24, 2.45) is 0 Å². The van der Waals surface area contributed by atoms with Gasteiger partial charge < -0.3 is 9.80 Å². The lowest BCUT2D eigenvalue weighted by Gasteiger charge is -2.22. The van der Waals surface area contributed by atoms with Crippen LogP contribution in [-0.2, 0) is 0 Å². The summed E-state index contributed by atoms with van der Waals surface area (Å²) in [4.78, 5) is 4.75. The molecule has 0 radical (unpaired) electrons. The molecule has 0 saturated carbocycles. The summed E-state index contributed by atoms with van der Waals surface area (Å²) in [5.74, 6) is 0. The van der Waals surface area contributed by atoms with Gasteiger partial charge in [-0.25, -0.2) is 0 Å². The molecule has 0 bridgehead atoms. The van der Waals surface area contributed by atoms with Crippen LogP contribution in [0.25, 0.3) is 11.1 Å². The van der Waals surface area contributed by atoms with Crippen LogP contribution >= 0.6 is 11.6 Å². The summed E-state index contributed by atoms with van der Waals surface area (Å²) in [7, 11) is 0. The third kappa shape index (κ3) is 7.02. The summed E-state index contributed by atoms with van der Waals surface area (Å²) in [5.41, 5.74) is 9.55. The molecule has 200 valence electrons. The van der Waals surface area contributed by atoms with Crippen LogP contribution in [0.15, 0.2) is 115 Å². The molecule has 0 aliphatic heterocycles. The minimum absolute atomic E-state index is 0.740. The molecule has 0 aliphatic rings. The number of anilines is 2. The number of allylic oxidation sites excluding steroid dienone is 2. The van der Waals surface area contributed by atoms with Crippen LogP contribution in [-0.4, -0.2) is 26.2 Å². The highest BCUT2D eigenvalue weighted by Gasteiger charge is 2.10. The van der Waals surface area contributed by atoms with Gasteiger partial charge in [-0.2, -0.15) is 0 Å². The second kappa shape index (κ2) is 13.9. The van der Waals surface area contributed by atoms with E-state index >= 15 is 0 Å². The van der Waals surface area contributed by atoms with Crippen LogP contribution < -0.4 is 9.80 Å². The number of halogens is 1. The normalized spacial score (nSPS) is 11.3. The van der Waals surface area contributed by atoms with Crippen molar-refractivity contribution in [1.82, 2.24) is 0 Å². The maximum atomic E-state index is 6.22. The summed E-state index contributed by atoms with van der Waals surface area (Å²) in [6.45, 7) is 12.8. The van der Waals surface area contributed by atoms with Crippen molar-refractivity contribution >= 4 is 34.1 Å². The van der Waals surface area contributed by atoms with Crippen molar-refractivity contribution in [3.05, 3.63) is 143 Å². The summed E-state index contributed by atoms with van der Waals surface area (Å²) in [6, 6.07) is 36.6. The molecule has 0 aliphatic carbocycles. The summed E-state index contributed by atoms with van der Waals surface area (Å²) in [5, 5.41) is 0.740. The van der Waals surface area contributed by atoms with Gasteiger partial charge in [-0.1, -0.05) is 90.5 Å². The van der Waals surface area contributed by atoms with E-state index in [1.807, 2.05) is 12.1 Å². The Hall–Kier alpha value is -3.75. The molecule has 0 aromatic heterocycles. The van der Waals surface area contributed by atoms with E-state index in [2.05, 4.69) is 141 Å². The van der Waals surface area contributed by atoms with Gasteiger partial charge in [0.05, 0.1) is 0 Å². The highest BCUT2D eigenvalue weighted by atomic mass is 35.5. The van der Waals surface area contributed by atoms with Gasteiger partial charge >= 0.3 is 0 Å². The molecule has 0 N–H and O–H groups in total. The van der Waals surface area contributed by atoms with Gasteiger partial charge in [0.25, 0.3) is 0 Å². The van der Waals surface area contributed by atoms with Crippen molar-refractivity contribution in [2.75, 3.05) is 36.0 Å². The molecule has 4 aromatic rings. The number of hydrogen-bond acceptors (Lipinski definition) is 2. The van der Waals surface area contributed by atoms with E-state index in [9.17, 15) is 0 Å². The first-order chi connectivity index (χ1) is 19.1. The minimum atomic E-state index is 0.740. The second-order valence-electron chi connectivity index (χ2n) is 9.47. The Labute approximate surface area is 239 Å². The van der Waals surface area contributed by atoms with Gasteiger partial charge in [-0.3, -0.25) is 0 Å². The quantitative estimate of drug-likeness (QED) is 0.177. The molecule has 39 heavy (non-hydrogen) atoms. The highest BCUT2D eigenvalue weighted by Crippen LogP contribution is 2.30. The Morgan fingerprint density at radius 2 is 0.821 bits per heavy atom. The van der Waals surface area contributed by atoms with E-state index in [-0.39, 0.29) is 0 Å². The number of benzene rings is 4. The van der Waals surface area contributed by atoms with Crippen molar-refractivity contribution < 1.29 is 0 Å². The molecule has 0 spiro atoms. The zero-order valence-electron chi connectivity index (χ0n) is 23.6. The molecule has 0 amide bonds. The number of rotatable bonds is 11. The molecule has 2 nitrogen and oxygen atoms in total. The van der Waals surface area contributed by atoms with Crippen LogP contribution in [0.3, 0.4) is 0 Å². The Morgan fingerprint density at radius 1 is 0.487 bits per heavy atom. The van der Waals surface area contributed by atoms with Crippen LogP contribution in [0.1, 0.15) is 49.9 Å². The van der Waals surface area contributed by atoms with Crippen molar-refractivity contribution in [1.29, 1.82) is 0 Å². The Kier molecular flexibility index (Phi) is 10.1. The smallest absolute Gasteiger partial charge is 0.0406 e. The lowest BCUT2D eigenvalue weighted by Crippen LogP contribution is -2.21. The largest absolute Gasteiger partial charge is 0.372 e. The first-order valence-electron chi connectivity index (χ1n) is 14.0. The Morgan fingerprint density at radius 3 is 1.18 bits per heavy atom. The third-order valence-corrected chi connectivity index (χ3v) is 7.52. The first kappa shape index (κ1) is 28.3. The van der Waals surface area contributed by atoms with E-state index in [1.54, 1.807) is 0 Å². The van der Waals surface area contributed by atoms with E-state index in [0.717, 1.165) is 42.3 Å². The lowest BCUT2D eigenvalue weighted by molar-refractivity contribution is 0.866. The molecule has 0 heterocycles. The lowest BCUT2D eigenvalue weighted by atomic mass is 9.93. The molecule has 0 saturated heterocycles. The molecule has 0 atom stereocenters. The van der Waals surface area contributed by atoms with Gasteiger partial charge in [-0.05, 0) is 97.5 Å². The predicted molar refractivity (Wildman–Crippen MR) is 172 cm³/mol. The molecule has 4 rings (SSSR count). The third-order valence-electron chi connectivity index (χ3n) is 7.27. The fourth-order valence-electron chi connectivity index (χ4n) is 5.01. The molecule has 4 aromatic carbocycles. The van der Waals surface area contributed by atoms with Crippen LogP contribution in [0.2, 0.25) is 5.02 Å². The topological polar surface area (TPSA) is 6.48 Å². The SMILES string of the molecule is CCN(CC)c1ccc(C(=C/C=C(\c2ccccc2)c2ccc(Cl)cc2)c2ccc(N(CC)CC)cc2)cc1. The number of hydrogen-bond donors (Lipinski definition) is 0. The minimum Gasteiger partial charge on any atom is -0.372 e. The molecular formula is C36H39ClN2. The van der Waals surface area contributed by atoms with Crippen LogP contribution in [0, 0.1) is 0 Å². The Balaban J connectivity index is 1.84. The fraction of sp³-hybridized carbons (Fsp3) is 0.222. The molecular weight excluding hydrogens is 496 g/mol. The van der Waals surface area contributed by atoms with E-state index in [4.69, 9.17) is 11.6 Å². The van der Waals surface area contributed by atoms with Crippen LogP contribution in [0.5, 0.6) is 0 Å². The summed E-state index contributed by atoms with van der Waals surface area (Å²) >= 11 is 6.22. The van der Waals surface area contributed by atoms with E-state index < -0.39 is 0 Å². The maximum absolute atomic E-state index is 6.22. The van der Waals surface area contributed by atoms with Gasteiger partial charge in [0.15, 0.2) is 0 Å². The van der Waals surface area contributed by atoms with Gasteiger partial charge in [0.1, 0.15) is 0 Å². The zero-order valence-corrected chi connectivity index (χ0v) is 24.3. The molecule has 0 fully saturated rings. The second-order valence-corrected chi connectivity index (χ2v) is 9.91. The summed E-state index contributed by atoms with van der Waals surface area (Å²) < 4.78 is 0. The molecule has 3 heteroatoms.